The van der Waals surface area contributed by atoms with Crippen LogP contribution in [0.1, 0.15) is 42.9 Å². The molecule has 3 aromatic carbocycles. The zero-order valence-corrected chi connectivity index (χ0v) is 27.9. The molecule has 3 heterocycles. The van der Waals surface area contributed by atoms with Gasteiger partial charge in [-0.05, 0) is 71.7 Å². The molecule has 0 aromatic heterocycles. The molecule has 45 heavy (non-hydrogen) atoms. The third-order valence-electron chi connectivity index (χ3n) is 10.6. The number of aliphatic hydroxyl groups is 1. The molecule has 0 saturated carbocycles. The van der Waals surface area contributed by atoms with Crippen LogP contribution in [0, 0.1) is 5.92 Å². The summed E-state index contributed by atoms with van der Waals surface area (Å²) in [7, 11) is -0.432. The zero-order valence-electron chi connectivity index (χ0n) is 26.9. The van der Waals surface area contributed by atoms with Crippen LogP contribution in [0.2, 0.25) is 18.6 Å². The first kappa shape index (κ1) is 31.5. The van der Waals surface area contributed by atoms with E-state index < -0.39 is 8.07 Å². The van der Waals surface area contributed by atoms with Gasteiger partial charge in [0.1, 0.15) is 5.75 Å². The number of amides is 2. The Bertz CT molecular complexity index is 1510. The first-order valence-electron chi connectivity index (χ1n) is 16.4. The van der Waals surface area contributed by atoms with Gasteiger partial charge in [0, 0.05) is 25.2 Å². The summed E-state index contributed by atoms with van der Waals surface area (Å²) >= 11 is 0. The van der Waals surface area contributed by atoms with Crippen molar-refractivity contribution in [2.45, 2.75) is 82.5 Å². The lowest BCUT2D eigenvalue weighted by atomic mass is 9.93. The summed E-state index contributed by atoms with van der Waals surface area (Å²) in [6.45, 7) is 8.39. The molecule has 2 saturated heterocycles. The van der Waals surface area contributed by atoms with Gasteiger partial charge in [0.2, 0.25) is 11.8 Å². The number of β-lactam (4-membered cyclic amide) rings is 1. The topological polar surface area (TPSA) is 79.3 Å². The molecule has 7 nitrogen and oxygen atoms in total. The minimum atomic E-state index is -2.12. The summed E-state index contributed by atoms with van der Waals surface area (Å²) in [5, 5.41) is 11.6. The molecule has 8 heteroatoms. The first-order chi connectivity index (χ1) is 21.7. The van der Waals surface area contributed by atoms with E-state index in [1.807, 2.05) is 46.2 Å². The van der Waals surface area contributed by atoms with Gasteiger partial charge in [-0.2, -0.15) is 0 Å². The van der Waals surface area contributed by atoms with Crippen molar-refractivity contribution >= 4 is 30.8 Å². The minimum Gasteiger partial charge on any atom is -0.497 e. The molecule has 3 aliphatic heterocycles. The maximum atomic E-state index is 14.1. The molecule has 2 amide bonds. The summed E-state index contributed by atoms with van der Waals surface area (Å²) in [6.07, 6.45) is 3.19. The van der Waals surface area contributed by atoms with Gasteiger partial charge in [-0.15, -0.1) is 0 Å². The van der Waals surface area contributed by atoms with Crippen molar-refractivity contribution in [3.05, 3.63) is 89.5 Å². The number of ether oxygens (including phenoxy) is 2. The van der Waals surface area contributed by atoms with Crippen molar-refractivity contribution in [3.8, 4) is 5.75 Å². The number of nitrogens with zero attached hydrogens (tertiary/aromatic N) is 2. The highest BCUT2D eigenvalue weighted by atomic mass is 28.3. The van der Waals surface area contributed by atoms with E-state index in [1.165, 1.54) is 16.3 Å². The number of aryl methyl sites for hydroxylation is 1. The molecule has 0 radical (unpaired) electrons. The van der Waals surface area contributed by atoms with Crippen LogP contribution in [0.25, 0.3) is 0 Å². The highest BCUT2D eigenvalue weighted by Gasteiger charge is 2.51. The van der Waals surface area contributed by atoms with Crippen LogP contribution in [-0.4, -0.2) is 68.4 Å². The van der Waals surface area contributed by atoms with Gasteiger partial charge in [0.25, 0.3) is 0 Å². The predicted octanol–water partition coefficient (Wildman–Crippen LogP) is 5.09. The fraction of sp³-hybridized carbons (Fsp3) is 0.459. The lowest BCUT2D eigenvalue weighted by Crippen LogP contribution is -2.52. The molecule has 1 N–H and O–H groups in total. The van der Waals surface area contributed by atoms with E-state index in [-0.39, 0.29) is 48.1 Å². The Morgan fingerprint density at radius 3 is 2.33 bits per heavy atom. The van der Waals surface area contributed by atoms with E-state index >= 15 is 0 Å². The number of rotatable bonds is 10. The van der Waals surface area contributed by atoms with E-state index in [1.54, 1.807) is 7.11 Å². The number of anilines is 1. The molecule has 238 valence electrons. The van der Waals surface area contributed by atoms with Crippen LogP contribution >= 0.6 is 0 Å². The maximum absolute atomic E-state index is 14.1. The van der Waals surface area contributed by atoms with E-state index in [9.17, 15) is 14.7 Å². The van der Waals surface area contributed by atoms with Crippen molar-refractivity contribution in [1.29, 1.82) is 0 Å². The average Bonchev–Trinajstić information content (AvgIpc) is 3.37. The lowest BCUT2D eigenvalue weighted by Gasteiger charge is -2.39. The van der Waals surface area contributed by atoms with Crippen molar-refractivity contribution in [2.75, 3.05) is 25.2 Å². The summed E-state index contributed by atoms with van der Waals surface area (Å²) in [4.78, 5) is 29.6. The van der Waals surface area contributed by atoms with Crippen molar-refractivity contribution < 1.29 is 24.2 Å². The third-order valence-corrected chi connectivity index (χ3v) is 15.0. The van der Waals surface area contributed by atoms with Crippen molar-refractivity contribution in [3.63, 3.8) is 0 Å². The first-order valence-corrected chi connectivity index (χ1v) is 19.4. The largest absolute Gasteiger partial charge is 0.497 e. The number of hydrogen-bond acceptors (Lipinski definition) is 5. The van der Waals surface area contributed by atoms with Gasteiger partial charge in [-0.25, -0.2) is 0 Å². The molecule has 0 spiro atoms. The van der Waals surface area contributed by atoms with Crippen LogP contribution in [-0.2, 0) is 33.7 Å². The SMILES string of the molecule is COc1ccc([Si](C)(C)[C@@H]2[C@@H](C)[C@@H](CCc3ccc(N4CCC4=O)cc3)O[C@H]2CC(=O)N2Cc3ccccc3C[C@H]2CO)cc1. The molecule has 3 aliphatic rings. The van der Waals surface area contributed by atoms with E-state index in [4.69, 9.17) is 9.47 Å². The highest BCUT2D eigenvalue weighted by Crippen LogP contribution is 2.47. The van der Waals surface area contributed by atoms with E-state index in [0.29, 0.717) is 25.8 Å². The summed E-state index contributed by atoms with van der Waals surface area (Å²) in [6, 6.07) is 24.8. The maximum Gasteiger partial charge on any atom is 0.228 e. The predicted molar refractivity (Wildman–Crippen MR) is 180 cm³/mol. The van der Waals surface area contributed by atoms with Gasteiger partial charge in [0.15, 0.2) is 0 Å². The Balaban J connectivity index is 1.21. The summed E-state index contributed by atoms with van der Waals surface area (Å²) in [5.41, 5.74) is 4.80. The van der Waals surface area contributed by atoms with Crippen LogP contribution in [0.3, 0.4) is 0 Å². The molecule has 6 rings (SSSR count). The van der Waals surface area contributed by atoms with E-state index in [0.717, 1.165) is 36.4 Å². The Kier molecular flexibility index (Phi) is 9.18. The smallest absolute Gasteiger partial charge is 0.228 e. The Morgan fingerprint density at radius 2 is 1.71 bits per heavy atom. The van der Waals surface area contributed by atoms with Gasteiger partial charge >= 0.3 is 0 Å². The second-order valence-corrected chi connectivity index (χ2v) is 18.3. The summed E-state index contributed by atoms with van der Waals surface area (Å²) in [5.74, 6) is 1.36. The molecule has 0 bridgehead atoms. The summed E-state index contributed by atoms with van der Waals surface area (Å²) < 4.78 is 12.4. The quantitative estimate of drug-likeness (QED) is 0.251. The molecule has 0 aliphatic carbocycles. The van der Waals surface area contributed by atoms with Gasteiger partial charge < -0.3 is 24.4 Å². The number of carbonyl (C=O) groups is 2. The molecular formula is C37H46N2O5Si. The molecule has 5 atom stereocenters. The zero-order chi connectivity index (χ0) is 31.7. The molecule has 2 fully saturated rings. The fourth-order valence-corrected chi connectivity index (χ4v) is 12.0. The molecule has 0 unspecified atom stereocenters. The second kappa shape index (κ2) is 13.1. The number of carbonyl (C=O) groups excluding carboxylic acids is 2. The van der Waals surface area contributed by atoms with Gasteiger partial charge in [0.05, 0.1) is 46.5 Å². The number of aliphatic hydroxyl groups excluding tert-OH is 1. The Morgan fingerprint density at radius 1 is 1.00 bits per heavy atom. The van der Waals surface area contributed by atoms with Gasteiger partial charge in [-0.1, -0.05) is 73.7 Å². The molecular weight excluding hydrogens is 581 g/mol. The van der Waals surface area contributed by atoms with Crippen molar-refractivity contribution in [2.24, 2.45) is 5.92 Å². The number of fused-ring (bicyclic) bond motifs is 1. The van der Waals surface area contributed by atoms with Crippen molar-refractivity contribution in [1.82, 2.24) is 4.90 Å². The monoisotopic (exact) mass is 626 g/mol. The minimum absolute atomic E-state index is 0.0326. The Labute approximate surface area is 268 Å². The van der Waals surface area contributed by atoms with Crippen LogP contribution < -0.4 is 14.8 Å². The highest BCUT2D eigenvalue weighted by molar-refractivity contribution is 6.91. The van der Waals surface area contributed by atoms with E-state index in [2.05, 4.69) is 56.4 Å². The third kappa shape index (κ3) is 6.33. The Hall–Kier alpha value is -3.46. The average molecular weight is 627 g/mol. The van der Waals surface area contributed by atoms with Crippen LogP contribution in [0.4, 0.5) is 5.69 Å². The standard InChI is InChI=1S/C37H46N2O5Si/c1-25-33(18-11-26-9-12-29(13-10-26)38-20-19-35(38)41)44-34(37(25)45(3,4)32-16-14-31(43-2)15-17-32)22-36(42)39-23-28-8-6-5-7-27(28)21-30(39)24-40/h5-10,12-17,25,30,33-34,37,40H,11,18-24H2,1-4H3/t25-,30-,33+,34-,37+/m0/s1. The number of methoxy groups -OCH3 is 1. The van der Waals surface area contributed by atoms with Crippen LogP contribution in [0.5, 0.6) is 5.75 Å². The normalized spacial score (nSPS) is 24.7. The lowest BCUT2D eigenvalue weighted by molar-refractivity contribution is -0.138. The fourth-order valence-electron chi connectivity index (χ4n) is 7.92. The molecule has 3 aromatic rings. The number of hydrogen-bond donors (Lipinski definition) is 1. The van der Waals surface area contributed by atoms with Gasteiger partial charge in [-0.3, -0.25) is 9.59 Å². The van der Waals surface area contributed by atoms with Crippen LogP contribution in [0.15, 0.2) is 72.8 Å². The second-order valence-electron chi connectivity index (χ2n) is 13.6. The number of benzene rings is 3.